The van der Waals surface area contributed by atoms with E-state index in [1.54, 1.807) is 0 Å². The Hall–Kier alpha value is -2.24. The molecule has 0 aromatic heterocycles. The van der Waals surface area contributed by atoms with Crippen molar-refractivity contribution in [3.8, 4) is 0 Å². The first-order valence-corrected chi connectivity index (χ1v) is 10.2. The van der Waals surface area contributed by atoms with Crippen LogP contribution in [0, 0.1) is 6.92 Å². The van der Waals surface area contributed by atoms with Gasteiger partial charge in [0.2, 0.25) is 0 Å². The minimum atomic E-state index is -0.155. The quantitative estimate of drug-likeness (QED) is 0.489. The SMILES string of the molecule is CCCNC(=O)NCCCNC(=O)c1ccc(N(CCC)CCC)c(C)c1. The predicted molar refractivity (Wildman–Crippen MR) is 113 cm³/mol. The Kier molecular flexibility index (Phi) is 11.0. The Morgan fingerprint density at radius 1 is 0.889 bits per heavy atom. The number of benzene rings is 1. The van der Waals surface area contributed by atoms with Crippen LogP contribution in [0.15, 0.2) is 18.2 Å². The highest BCUT2D eigenvalue weighted by molar-refractivity contribution is 5.94. The number of aryl methyl sites for hydroxylation is 1. The molecular formula is C21H36N4O2. The number of rotatable bonds is 12. The Balaban J connectivity index is 2.47. The first-order chi connectivity index (χ1) is 13.0. The third-order valence-corrected chi connectivity index (χ3v) is 4.25. The normalized spacial score (nSPS) is 10.4. The first-order valence-electron chi connectivity index (χ1n) is 10.2. The van der Waals surface area contributed by atoms with Gasteiger partial charge in [-0.1, -0.05) is 20.8 Å². The van der Waals surface area contributed by atoms with Crippen molar-refractivity contribution < 1.29 is 9.59 Å². The number of carbonyl (C=O) groups excluding carboxylic acids is 2. The summed E-state index contributed by atoms with van der Waals surface area (Å²) in [4.78, 5) is 26.1. The molecule has 0 aliphatic rings. The van der Waals surface area contributed by atoms with Gasteiger partial charge in [0.25, 0.3) is 5.91 Å². The van der Waals surface area contributed by atoms with Crippen molar-refractivity contribution in [3.63, 3.8) is 0 Å². The number of hydrogen-bond donors (Lipinski definition) is 3. The fraction of sp³-hybridized carbons (Fsp3) is 0.619. The average molecular weight is 377 g/mol. The summed E-state index contributed by atoms with van der Waals surface area (Å²) < 4.78 is 0. The van der Waals surface area contributed by atoms with Crippen molar-refractivity contribution >= 4 is 17.6 Å². The number of urea groups is 1. The van der Waals surface area contributed by atoms with Gasteiger partial charge in [-0.25, -0.2) is 4.79 Å². The predicted octanol–water partition coefficient (Wildman–Crippen LogP) is 3.45. The summed E-state index contributed by atoms with van der Waals surface area (Å²) in [5.74, 6) is -0.0717. The smallest absolute Gasteiger partial charge is 0.314 e. The average Bonchev–Trinajstić information content (AvgIpc) is 2.65. The molecular weight excluding hydrogens is 340 g/mol. The maximum atomic E-state index is 12.3. The van der Waals surface area contributed by atoms with Crippen LogP contribution in [-0.4, -0.2) is 44.7 Å². The van der Waals surface area contributed by atoms with Crippen LogP contribution in [0.25, 0.3) is 0 Å². The number of nitrogens with zero attached hydrogens (tertiary/aromatic N) is 1. The molecule has 1 aromatic rings. The van der Waals surface area contributed by atoms with E-state index in [2.05, 4.69) is 47.7 Å². The molecule has 0 spiro atoms. The monoisotopic (exact) mass is 376 g/mol. The summed E-state index contributed by atoms with van der Waals surface area (Å²) in [6.45, 7) is 12.2. The summed E-state index contributed by atoms with van der Waals surface area (Å²) in [7, 11) is 0. The topological polar surface area (TPSA) is 73.5 Å². The van der Waals surface area contributed by atoms with Crippen LogP contribution in [-0.2, 0) is 0 Å². The Morgan fingerprint density at radius 3 is 2.11 bits per heavy atom. The minimum Gasteiger partial charge on any atom is -0.371 e. The molecule has 6 heteroatoms. The van der Waals surface area contributed by atoms with E-state index >= 15 is 0 Å². The van der Waals surface area contributed by atoms with Crippen LogP contribution in [0.5, 0.6) is 0 Å². The van der Waals surface area contributed by atoms with E-state index in [1.165, 1.54) is 5.69 Å². The molecule has 0 heterocycles. The van der Waals surface area contributed by atoms with E-state index in [0.29, 0.717) is 31.6 Å². The molecule has 0 unspecified atom stereocenters. The molecule has 3 amide bonds. The lowest BCUT2D eigenvalue weighted by molar-refractivity contribution is 0.0953. The van der Waals surface area contributed by atoms with Gasteiger partial charge in [-0.15, -0.1) is 0 Å². The Morgan fingerprint density at radius 2 is 1.52 bits per heavy atom. The van der Waals surface area contributed by atoms with E-state index in [4.69, 9.17) is 0 Å². The van der Waals surface area contributed by atoms with Gasteiger partial charge in [-0.3, -0.25) is 4.79 Å². The molecule has 3 N–H and O–H groups in total. The summed E-state index contributed by atoms with van der Waals surface area (Å²) >= 11 is 0. The maximum Gasteiger partial charge on any atom is 0.314 e. The lowest BCUT2D eigenvalue weighted by Crippen LogP contribution is -2.37. The largest absolute Gasteiger partial charge is 0.371 e. The van der Waals surface area contributed by atoms with Crippen LogP contribution in [0.2, 0.25) is 0 Å². The van der Waals surface area contributed by atoms with E-state index in [9.17, 15) is 9.59 Å². The number of amides is 3. The van der Waals surface area contributed by atoms with E-state index in [-0.39, 0.29) is 11.9 Å². The van der Waals surface area contributed by atoms with Crippen LogP contribution < -0.4 is 20.9 Å². The zero-order chi connectivity index (χ0) is 20.1. The van der Waals surface area contributed by atoms with Crippen molar-refractivity contribution in [3.05, 3.63) is 29.3 Å². The lowest BCUT2D eigenvalue weighted by atomic mass is 10.1. The molecule has 0 aliphatic heterocycles. The van der Waals surface area contributed by atoms with Gasteiger partial charge in [-0.2, -0.15) is 0 Å². The van der Waals surface area contributed by atoms with Gasteiger partial charge in [0, 0.05) is 44.0 Å². The third-order valence-electron chi connectivity index (χ3n) is 4.25. The molecule has 27 heavy (non-hydrogen) atoms. The van der Waals surface area contributed by atoms with Crippen LogP contribution in [0.4, 0.5) is 10.5 Å². The second-order valence-electron chi connectivity index (χ2n) is 6.78. The van der Waals surface area contributed by atoms with Crippen molar-refractivity contribution in [1.29, 1.82) is 0 Å². The van der Waals surface area contributed by atoms with Gasteiger partial charge >= 0.3 is 6.03 Å². The maximum absolute atomic E-state index is 12.3. The number of carbonyl (C=O) groups is 2. The molecule has 0 saturated heterocycles. The molecule has 0 radical (unpaired) electrons. The second-order valence-corrected chi connectivity index (χ2v) is 6.78. The van der Waals surface area contributed by atoms with Crippen molar-refractivity contribution in [2.45, 2.75) is 53.4 Å². The lowest BCUT2D eigenvalue weighted by Gasteiger charge is -2.26. The van der Waals surface area contributed by atoms with E-state index in [1.807, 2.05) is 19.1 Å². The zero-order valence-electron chi connectivity index (χ0n) is 17.4. The molecule has 1 aromatic carbocycles. The number of hydrogen-bond acceptors (Lipinski definition) is 3. The number of anilines is 1. The molecule has 6 nitrogen and oxygen atoms in total. The zero-order valence-corrected chi connectivity index (χ0v) is 17.4. The molecule has 0 bridgehead atoms. The third kappa shape index (κ3) is 8.33. The van der Waals surface area contributed by atoms with Crippen LogP contribution in [0.3, 0.4) is 0 Å². The van der Waals surface area contributed by atoms with E-state index in [0.717, 1.165) is 37.9 Å². The molecule has 152 valence electrons. The van der Waals surface area contributed by atoms with Crippen molar-refractivity contribution in [2.24, 2.45) is 0 Å². The number of nitrogens with one attached hydrogen (secondary N) is 3. The van der Waals surface area contributed by atoms with Gasteiger partial charge < -0.3 is 20.9 Å². The Bertz CT molecular complexity index is 584. The Labute approximate surface area is 164 Å². The summed E-state index contributed by atoms with van der Waals surface area (Å²) in [6.07, 6.45) is 3.82. The van der Waals surface area contributed by atoms with Gasteiger partial charge in [-0.05, 0) is 56.4 Å². The van der Waals surface area contributed by atoms with Gasteiger partial charge in [0.15, 0.2) is 0 Å². The van der Waals surface area contributed by atoms with Crippen LogP contribution >= 0.6 is 0 Å². The highest BCUT2D eigenvalue weighted by Crippen LogP contribution is 2.22. The first kappa shape index (κ1) is 22.8. The minimum absolute atomic E-state index is 0.0717. The van der Waals surface area contributed by atoms with E-state index < -0.39 is 0 Å². The van der Waals surface area contributed by atoms with Crippen molar-refractivity contribution in [2.75, 3.05) is 37.6 Å². The molecule has 0 saturated carbocycles. The highest BCUT2D eigenvalue weighted by atomic mass is 16.2. The molecule has 0 fully saturated rings. The fourth-order valence-corrected chi connectivity index (χ4v) is 2.94. The van der Waals surface area contributed by atoms with Gasteiger partial charge in [0.1, 0.15) is 0 Å². The van der Waals surface area contributed by atoms with Crippen molar-refractivity contribution in [1.82, 2.24) is 16.0 Å². The summed E-state index contributed by atoms with van der Waals surface area (Å²) in [6, 6.07) is 5.75. The van der Waals surface area contributed by atoms with Gasteiger partial charge in [0.05, 0.1) is 0 Å². The second kappa shape index (κ2) is 13.0. The fourth-order valence-electron chi connectivity index (χ4n) is 2.94. The summed E-state index contributed by atoms with van der Waals surface area (Å²) in [5, 5.41) is 8.45. The van der Waals surface area contributed by atoms with Crippen LogP contribution in [0.1, 0.15) is 62.4 Å². The summed E-state index contributed by atoms with van der Waals surface area (Å²) in [5.41, 5.74) is 3.01. The molecule has 0 atom stereocenters. The molecule has 1 rings (SSSR count). The standard InChI is InChI=1S/C21H36N4O2/c1-5-11-23-21(27)24-13-8-12-22-20(26)18-9-10-19(17(4)16-18)25(14-6-2)15-7-3/h9-10,16H,5-8,11-15H2,1-4H3,(H,22,26)(H2,23,24,27). The molecule has 0 aliphatic carbocycles. The highest BCUT2D eigenvalue weighted by Gasteiger charge is 2.11.